The lowest BCUT2D eigenvalue weighted by atomic mass is 10.0. The number of aromatic nitrogens is 4. The molecule has 0 aliphatic heterocycles. The quantitative estimate of drug-likeness (QED) is 0.368. The summed E-state index contributed by atoms with van der Waals surface area (Å²) in [5.74, 6) is 0.451. The van der Waals surface area contributed by atoms with E-state index in [9.17, 15) is 4.79 Å². The second-order valence-electron chi connectivity index (χ2n) is 7.88. The monoisotopic (exact) mass is 463 g/mol. The highest BCUT2D eigenvalue weighted by atomic mass is 35.5. The van der Waals surface area contributed by atoms with Gasteiger partial charge in [-0.1, -0.05) is 29.8 Å². The summed E-state index contributed by atoms with van der Waals surface area (Å²) < 4.78 is 1.68. The van der Waals surface area contributed by atoms with Crippen molar-refractivity contribution >= 4 is 28.6 Å². The van der Waals surface area contributed by atoms with Crippen LogP contribution in [0.25, 0.3) is 33.4 Å². The topological polar surface area (TPSA) is 92.9 Å². The number of hydrogen-bond acceptors (Lipinski definition) is 6. The summed E-state index contributed by atoms with van der Waals surface area (Å²) in [6.45, 7) is 2.57. The first-order chi connectivity index (χ1) is 16.0. The van der Waals surface area contributed by atoms with E-state index in [1.165, 1.54) is 0 Å². The van der Waals surface area contributed by atoms with Gasteiger partial charge in [0.1, 0.15) is 5.65 Å². The predicted octanol–water partition coefficient (Wildman–Crippen LogP) is 4.69. The van der Waals surface area contributed by atoms with Gasteiger partial charge in [-0.2, -0.15) is 4.98 Å². The molecule has 4 rings (SSSR count). The fraction of sp³-hybridized carbons (Fsp3) is 0.280. The average Bonchev–Trinajstić information content (AvgIpc) is 2.82. The van der Waals surface area contributed by atoms with E-state index in [4.69, 9.17) is 16.7 Å². The van der Waals surface area contributed by atoms with Crippen molar-refractivity contribution in [1.29, 1.82) is 0 Å². The third-order valence-corrected chi connectivity index (χ3v) is 5.85. The van der Waals surface area contributed by atoms with Crippen LogP contribution in [-0.2, 0) is 6.54 Å². The van der Waals surface area contributed by atoms with Gasteiger partial charge in [0.2, 0.25) is 5.95 Å². The fourth-order valence-corrected chi connectivity index (χ4v) is 4.12. The van der Waals surface area contributed by atoms with E-state index < -0.39 is 0 Å². The Morgan fingerprint density at radius 2 is 1.91 bits per heavy atom. The number of pyridine rings is 2. The van der Waals surface area contributed by atoms with E-state index in [0.29, 0.717) is 40.7 Å². The molecule has 1 aromatic carbocycles. The molecule has 0 saturated heterocycles. The first-order valence-corrected chi connectivity index (χ1v) is 11.3. The Balaban J connectivity index is 1.81. The molecule has 0 atom stereocenters. The van der Waals surface area contributed by atoms with E-state index in [-0.39, 0.29) is 12.2 Å². The number of fused-ring (bicyclic) bond motifs is 1. The van der Waals surface area contributed by atoms with Gasteiger partial charge in [0.15, 0.2) is 0 Å². The Bertz CT molecular complexity index is 1350. The van der Waals surface area contributed by atoms with Crippen LogP contribution in [0.3, 0.4) is 0 Å². The van der Waals surface area contributed by atoms with Crippen molar-refractivity contribution in [3.8, 4) is 22.4 Å². The van der Waals surface area contributed by atoms with Crippen molar-refractivity contribution in [1.82, 2.24) is 19.5 Å². The SMILES string of the molecule is CNc1ncc2cc(-c3ccc(-c4cccc(C)n4)cc3Cl)c(=O)n(CCCCCO)c2n1. The third kappa shape index (κ3) is 4.89. The fourth-order valence-electron chi connectivity index (χ4n) is 3.84. The third-order valence-electron chi connectivity index (χ3n) is 5.53. The van der Waals surface area contributed by atoms with Gasteiger partial charge in [-0.3, -0.25) is 14.3 Å². The van der Waals surface area contributed by atoms with Crippen LogP contribution in [-0.4, -0.2) is 38.3 Å². The summed E-state index contributed by atoms with van der Waals surface area (Å²) in [5, 5.41) is 13.2. The molecule has 0 saturated carbocycles. The molecule has 0 unspecified atom stereocenters. The highest BCUT2D eigenvalue weighted by Gasteiger charge is 2.16. The summed E-state index contributed by atoms with van der Waals surface area (Å²) >= 11 is 6.68. The summed E-state index contributed by atoms with van der Waals surface area (Å²) in [4.78, 5) is 27.0. The van der Waals surface area contributed by atoms with E-state index in [1.54, 1.807) is 23.9 Å². The number of nitrogens with zero attached hydrogens (tertiary/aromatic N) is 4. The number of benzene rings is 1. The zero-order chi connectivity index (χ0) is 23.4. The summed E-state index contributed by atoms with van der Waals surface area (Å²) in [6, 6.07) is 13.3. The number of halogens is 1. The van der Waals surface area contributed by atoms with Gasteiger partial charge in [-0.15, -0.1) is 0 Å². The number of anilines is 1. The molecule has 3 heterocycles. The lowest BCUT2D eigenvalue weighted by Crippen LogP contribution is -2.23. The minimum absolute atomic E-state index is 0.138. The molecule has 0 aliphatic rings. The molecular weight excluding hydrogens is 438 g/mol. The van der Waals surface area contributed by atoms with Gasteiger partial charge in [0, 0.05) is 59.2 Å². The van der Waals surface area contributed by atoms with Crippen LogP contribution in [0.5, 0.6) is 0 Å². The molecule has 2 N–H and O–H groups in total. The molecule has 0 spiro atoms. The van der Waals surface area contributed by atoms with Crippen molar-refractivity contribution in [3.63, 3.8) is 0 Å². The second kappa shape index (κ2) is 10.1. The molecular formula is C25H26ClN5O2. The maximum atomic E-state index is 13.6. The Labute approximate surface area is 197 Å². The summed E-state index contributed by atoms with van der Waals surface area (Å²) in [5.41, 5.74) is 4.21. The standard InChI is InChI=1S/C25H26ClN5O2/c1-16-7-6-8-22(29-16)17-9-10-19(21(26)14-17)20-13-18-15-28-25(27-2)30-23(18)31(24(20)33)11-4-3-5-12-32/h6-10,13-15,32H,3-5,11-12H2,1-2H3,(H,27,28,30). The van der Waals surface area contributed by atoms with Gasteiger partial charge >= 0.3 is 0 Å². The molecule has 0 bridgehead atoms. The van der Waals surface area contributed by atoms with Gasteiger partial charge in [-0.05, 0) is 50.5 Å². The van der Waals surface area contributed by atoms with Crippen LogP contribution in [0.15, 0.2) is 53.5 Å². The highest BCUT2D eigenvalue weighted by molar-refractivity contribution is 6.33. The maximum absolute atomic E-state index is 13.6. The molecule has 4 aromatic rings. The lowest BCUT2D eigenvalue weighted by Gasteiger charge is -2.14. The van der Waals surface area contributed by atoms with Crippen molar-refractivity contribution < 1.29 is 5.11 Å². The number of aliphatic hydroxyl groups is 1. The number of unbranched alkanes of at least 4 members (excludes halogenated alkanes) is 2. The van der Waals surface area contributed by atoms with Crippen molar-refractivity contribution in [2.24, 2.45) is 0 Å². The summed E-state index contributed by atoms with van der Waals surface area (Å²) in [7, 11) is 1.74. The van der Waals surface area contributed by atoms with E-state index in [1.807, 2.05) is 43.3 Å². The Kier molecular flexibility index (Phi) is 7.01. The van der Waals surface area contributed by atoms with E-state index >= 15 is 0 Å². The van der Waals surface area contributed by atoms with Gasteiger partial charge in [0.25, 0.3) is 5.56 Å². The minimum Gasteiger partial charge on any atom is -0.396 e. The Hall–Kier alpha value is -3.29. The van der Waals surface area contributed by atoms with Gasteiger partial charge in [-0.25, -0.2) is 4.98 Å². The Morgan fingerprint density at radius 3 is 2.64 bits per heavy atom. The molecule has 0 radical (unpaired) electrons. The number of aryl methyl sites for hydroxylation is 2. The van der Waals surface area contributed by atoms with Crippen LogP contribution >= 0.6 is 11.6 Å². The van der Waals surface area contributed by atoms with Crippen molar-refractivity contribution in [2.75, 3.05) is 19.0 Å². The van der Waals surface area contributed by atoms with Crippen LogP contribution < -0.4 is 10.9 Å². The average molecular weight is 464 g/mol. The Morgan fingerprint density at radius 1 is 1.06 bits per heavy atom. The molecule has 0 amide bonds. The largest absolute Gasteiger partial charge is 0.396 e. The first-order valence-electron chi connectivity index (χ1n) is 10.9. The normalized spacial score (nSPS) is 11.2. The molecule has 0 aliphatic carbocycles. The van der Waals surface area contributed by atoms with Crippen LogP contribution in [0.1, 0.15) is 25.0 Å². The molecule has 0 fully saturated rings. The molecule has 3 aromatic heterocycles. The van der Waals surface area contributed by atoms with Crippen molar-refractivity contribution in [3.05, 3.63) is 69.7 Å². The second-order valence-corrected chi connectivity index (χ2v) is 8.29. The molecule has 7 nitrogen and oxygen atoms in total. The minimum atomic E-state index is -0.157. The summed E-state index contributed by atoms with van der Waals surface area (Å²) in [6.07, 6.45) is 3.98. The van der Waals surface area contributed by atoms with Crippen molar-refractivity contribution in [2.45, 2.75) is 32.7 Å². The van der Waals surface area contributed by atoms with Crippen LogP contribution in [0.4, 0.5) is 5.95 Å². The predicted molar refractivity (Wildman–Crippen MR) is 133 cm³/mol. The maximum Gasteiger partial charge on any atom is 0.260 e. The smallest absolute Gasteiger partial charge is 0.260 e. The number of nitrogens with one attached hydrogen (secondary N) is 1. The van der Waals surface area contributed by atoms with Crippen LogP contribution in [0, 0.1) is 6.92 Å². The molecule has 8 heteroatoms. The zero-order valence-corrected chi connectivity index (χ0v) is 19.4. The van der Waals surface area contributed by atoms with Gasteiger partial charge in [0.05, 0.1) is 5.69 Å². The number of rotatable bonds is 8. The highest BCUT2D eigenvalue weighted by Crippen LogP contribution is 2.31. The molecule has 33 heavy (non-hydrogen) atoms. The zero-order valence-electron chi connectivity index (χ0n) is 18.7. The van der Waals surface area contributed by atoms with E-state index in [0.717, 1.165) is 35.2 Å². The first kappa shape index (κ1) is 22.9. The molecule has 170 valence electrons. The number of hydrogen-bond donors (Lipinski definition) is 2. The van der Waals surface area contributed by atoms with Gasteiger partial charge < -0.3 is 10.4 Å². The lowest BCUT2D eigenvalue weighted by molar-refractivity contribution is 0.282. The van der Waals surface area contributed by atoms with E-state index in [2.05, 4.69) is 20.3 Å². The van der Waals surface area contributed by atoms with Crippen LogP contribution in [0.2, 0.25) is 5.02 Å². The number of aliphatic hydroxyl groups excluding tert-OH is 1.